The Bertz CT molecular complexity index is 262. The Morgan fingerprint density at radius 1 is 1.11 bits per heavy atom. The van der Waals surface area contributed by atoms with Crippen LogP contribution in [0.5, 0.6) is 0 Å². The van der Waals surface area contributed by atoms with Crippen molar-refractivity contribution in [1.29, 1.82) is 0 Å². The standard InChI is InChI=1S/C16H32N2/c1-4-18(14-9-7-8-13(14)12-17)15-10-5-6-11-16(15,2)3/h13-15H,4-12,17H2,1-3H3. The normalized spacial score (nSPS) is 36.2. The van der Waals surface area contributed by atoms with Gasteiger partial charge in [-0.05, 0) is 50.1 Å². The molecule has 0 heterocycles. The smallest absolute Gasteiger partial charge is 0.0149 e. The van der Waals surface area contributed by atoms with E-state index in [2.05, 4.69) is 25.7 Å². The molecule has 2 aliphatic rings. The molecule has 2 aliphatic carbocycles. The average molecular weight is 252 g/mol. The Kier molecular flexibility index (Phi) is 4.71. The van der Waals surface area contributed by atoms with Gasteiger partial charge in [0.25, 0.3) is 0 Å². The van der Waals surface area contributed by atoms with Gasteiger partial charge < -0.3 is 5.73 Å². The van der Waals surface area contributed by atoms with Crippen LogP contribution in [0.3, 0.4) is 0 Å². The van der Waals surface area contributed by atoms with Crippen LogP contribution >= 0.6 is 0 Å². The van der Waals surface area contributed by atoms with Crippen LogP contribution in [0.15, 0.2) is 0 Å². The minimum atomic E-state index is 0.496. The summed E-state index contributed by atoms with van der Waals surface area (Å²) in [5.74, 6) is 0.752. The van der Waals surface area contributed by atoms with Crippen molar-refractivity contribution in [3.63, 3.8) is 0 Å². The molecule has 0 aliphatic heterocycles. The number of rotatable bonds is 4. The Morgan fingerprint density at radius 2 is 1.89 bits per heavy atom. The Balaban J connectivity index is 2.11. The quantitative estimate of drug-likeness (QED) is 0.831. The zero-order valence-corrected chi connectivity index (χ0v) is 12.6. The van der Waals surface area contributed by atoms with E-state index in [9.17, 15) is 0 Å². The average Bonchev–Trinajstić information content (AvgIpc) is 2.80. The van der Waals surface area contributed by atoms with Gasteiger partial charge in [0.15, 0.2) is 0 Å². The van der Waals surface area contributed by atoms with Crippen molar-refractivity contribution in [2.75, 3.05) is 13.1 Å². The molecule has 2 N–H and O–H groups in total. The van der Waals surface area contributed by atoms with E-state index >= 15 is 0 Å². The fourth-order valence-electron chi connectivity index (χ4n) is 4.51. The fourth-order valence-corrected chi connectivity index (χ4v) is 4.51. The van der Waals surface area contributed by atoms with Gasteiger partial charge in [-0.3, -0.25) is 4.90 Å². The van der Waals surface area contributed by atoms with Gasteiger partial charge in [0, 0.05) is 12.1 Å². The summed E-state index contributed by atoms with van der Waals surface area (Å²) >= 11 is 0. The molecule has 2 fully saturated rings. The van der Waals surface area contributed by atoms with Gasteiger partial charge in [-0.25, -0.2) is 0 Å². The first-order valence-corrected chi connectivity index (χ1v) is 8.06. The third-order valence-electron chi connectivity index (χ3n) is 5.56. The lowest BCUT2D eigenvalue weighted by atomic mass is 9.72. The van der Waals surface area contributed by atoms with Crippen LogP contribution in [0.2, 0.25) is 0 Å². The molecule has 3 unspecified atom stereocenters. The molecular formula is C16H32N2. The van der Waals surface area contributed by atoms with Crippen molar-refractivity contribution in [3.8, 4) is 0 Å². The Labute approximate surface area is 113 Å². The molecule has 0 aromatic rings. The van der Waals surface area contributed by atoms with E-state index in [-0.39, 0.29) is 0 Å². The summed E-state index contributed by atoms with van der Waals surface area (Å²) in [6.07, 6.45) is 9.75. The Hall–Kier alpha value is -0.0800. The van der Waals surface area contributed by atoms with Crippen LogP contribution in [0.1, 0.15) is 65.7 Å². The third kappa shape index (κ3) is 2.75. The van der Waals surface area contributed by atoms with Crippen molar-refractivity contribution < 1.29 is 0 Å². The van der Waals surface area contributed by atoms with Gasteiger partial charge in [-0.1, -0.05) is 40.0 Å². The van der Waals surface area contributed by atoms with E-state index in [1.807, 2.05) is 0 Å². The maximum atomic E-state index is 5.99. The van der Waals surface area contributed by atoms with Crippen LogP contribution in [-0.4, -0.2) is 30.1 Å². The summed E-state index contributed by atoms with van der Waals surface area (Å²) in [5, 5.41) is 0. The molecule has 0 aromatic heterocycles. The summed E-state index contributed by atoms with van der Waals surface area (Å²) in [7, 11) is 0. The summed E-state index contributed by atoms with van der Waals surface area (Å²) in [5.41, 5.74) is 6.48. The predicted octanol–water partition coefficient (Wildman–Crippen LogP) is 3.40. The first-order valence-electron chi connectivity index (χ1n) is 8.06. The number of hydrogen-bond acceptors (Lipinski definition) is 2. The second-order valence-electron chi connectivity index (χ2n) is 7.07. The van der Waals surface area contributed by atoms with Gasteiger partial charge in [0.05, 0.1) is 0 Å². The van der Waals surface area contributed by atoms with Crippen LogP contribution < -0.4 is 5.73 Å². The highest BCUT2D eigenvalue weighted by Gasteiger charge is 2.41. The maximum absolute atomic E-state index is 5.99. The molecule has 2 heteroatoms. The number of hydrogen-bond donors (Lipinski definition) is 1. The van der Waals surface area contributed by atoms with Crippen LogP contribution in [0, 0.1) is 11.3 Å². The summed E-state index contributed by atoms with van der Waals surface area (Å²) in [4.78, 5) is 2.82. The highest BCUT2D eigenvalue weighted by Crippen LogP contribution is 2.42. The van der Waals surface area contributed by atoms with E-state index in [4.69, 9.17) is 5.73 Å². The van der Waals surface area contributed by atoms with Crippen LogP contribution in [-0.2, 0) is 0 Å². The summed E-state index contributed by atoms with van der Waals surface area (Å²) < 4.78 is 0. The summed E-state index contributed by atoms with van der Waals surface area (Å²) in [6.45, 7) is 9.39. The second-order valence-corrected chi connectivity index (χ2v) is 7.07. The fraction of sp³-hybridized carbons (Fsp3) is 1.00. The lowest BCUT2D eigenvalue weighted by Crippen LogP contribution is -2.53. The van der Waals surface area contributed by atoms with Crippen molar-refractivity contribution >= 4 is 0 Å². The molecule has 0 bridgehead atoms. The van der Waals surface area contributed by atoms with Crippen molar-refractivity contribution in [2.45, 2.75) is 77.8 Å². The zero-order valence-electron chi connectivity index (χ0n) is 12.6. The molecule has 0 aromatic carbocycles. The van der Waals surface area contributed by atoms with E-state index in [1.165, 1.54) is 51.5 Å². The molecule has 0 saturated heterocycles. The number of nitrogens with zero attached hydrogens (tertiary/aromatic N) is 1. The number of nitrogens with two attached hydrogens (primary N) is 1. The molecule has 0 radical (unpaired) electrons. The highest BCUT2D eigenvalue weighted by atomic mass is 15.2. The Morgan fingerprint density at radius 3 is 2.50 bits per heavy atom. The zero-order chi connectivity index (χ0) is 13.2. The van der Waals surface area contributed by atoms with Crippen LogP contribution in [0.4, 0.5) is 0 Å². The predicted molar refractivity (Wildman–Crippen MR) is 78.6 cm³/mol. The van der Waals surface area contributed by atoms with Gasteiger partial charge in [-0.2, -0.15) is 0 Å². The SMILES string of the molecule is CCN(C1CCCC1CN)C1CCCCC1(C)C. The van der Waals surface area contributed by atoms with Crippen molar-refractivity contribution in [1.82, 2.24) is 4.90 Å². The molecule has 3 atom stereocenters. The largest absolute Gasteiger partial charge is 0.330 e. The van der Waals surface area contributed by atoms with Gasteiger partial charge in [-0.15, -0.1) is 0 Å². The molecule has 18 heavy (non-hydrogen) atoms. The van der Waals surface area contributed by atoms with E-state index in [1.54, 1.807) is 0 Å². The molecular weight excluding hydrogens is 220 g/mol. The third-order valence-corrected chi connectivity index (χ3v) is 5.56. The minimum absolute atomic E-state index is 0.496. The van der Waals surface area contributed by atoms with Gasteiger partial charge in [0.2, 0.25) is 0 Å². The molecule has 106 valence electrons. The topological polar surface area (TPSA) is 29.3 Å². The molecule has 0 amide bonds. The van der Waals surface area contributed by atoms with E-state index in [0.29, 0.717) is 5.41 Å². The lowest BCUT2D eigenvalue weighted by molar-refractivity contribution is 0.0111. The highest BCUT2D eigenvalue weighted by molar-refractivity contribution is 4.95. The van der Waals surface area contributed by atoms with Crippen molar-refractivity contribution in [3.05, 3.63) is 0 Å². The monoisotopic (exact) mass is 252 g/mol. The van der Waals surface area contributed by atoms with Gasteiger partial charge in [0.1, 0.15) is 0 Å². The summed E-state index contributed by atoms with van der Waals surface area (Å²) in [6, 6.07) is 1.55. The van der Waals surface area contributed by atoms with Gasteiger partial charge >= 0.3 is 0 Å². The van der Waals surface area contributed by atoms with Crippen molar-refractivity contribution in [2.24, 2.45) is 17.1 Å². The second kappa shape index (κ2) is 5.92. The molecule has 0 spiro atoms. The van der Waals surface area contributed by atoms with E-state index < -0.39 is 0 Å². The molecule has 2 saturated carbocycles. The first kappa shape index (κ1) is 14.3. The van der Waals surface area contributed by atoms with E-state index in [0.717, 1.165) is 24.5 Å². The minimum Gasteiger partial charge on any atom is -0.330 e. The molecule has 2 rings (SSSR count). The maximum Gasteiger partial charge on any atom is 0.0149 e. The van der Waals surface area contributed by atoms with Crippen LogP contribution in [0.25, 0.3) is 0 Å². The lowest BCUT2D eigenvalue weighted by Gasteiger charge is -2.48. The first-order chi connectivity index (χ1) is 8.60. The molecule has 2 nitrogen and oxygen atoms in total.